The van der Waals surface area contributed by atoms with E-state index in [-0.39, 0.29) is 19.0 Å². The second kappa shape index (κ2) is 8.62. The van der Waals surface area contributed by atoms with Crippen molar-refractivity contribution in [1.82, 2.24) is 29.5 Å². The number of likely N-dealkylation sites (tertiary alicyclic amines) is 1. The highest BCUT2D eigenvalue weighted by molar-refractivity contribution is 5.89. The van der Waals surface area contributed by atoms with Gasteiger partial charge in [-0.1, -0.05) is 6.07 Å². The van der Waals surface area contributed by atoms with E-state index in [1.54, 1.807) is 28.9 Å². The van der Waals surface area contributed by atoms with Crippen LogP contribution in [0.15, 0.2) is 42.9 Å². The van der Waals surface area contributed by atoms with Gasteiger partial charge in [-0.2, -0.15) is 4.98 Å². The molecule has 0 aliphatic carbocycles. The van der Waals surface area contributed by atoms with E-state index in [0.29, 0.717) is 24.4 Å². The fourth-order valence-corrected chi connectivity index (χ4v) is 4.18. The van der Waals surface area contributed by atoms with Gasteiger partial charge >= 0.3 is 0 Å². The Morgan fingerprint density at radius 3 is 2.81 bits per heavy atom. The maximum absolute atomic E-state index is 14.6. The van der Waals surface area contributed by atoms with Crippen LogP contribution < -0.4 is 10.1 Å². The number of nitrogens with zero attached hydrogens (tertiary/aromatic N) is 6. The van der Waals surface area contributed by atoms with Crippen LogP contribution in [0.5, 0.6) is 5.88 Å². The highest BCUT2D eigenvalue weighted by atomic mass is 19.1. The molecule has 0 saturated carbocycles. The van der Waals surface area contributed by atoms with Crippen LogP contribution in [0, 0.1) is 0 Å². The number of aromatic nitrogens is 5. The number of hydrogen-bond acceptors (Lipinski definition) is 7. The molecule has 0 amide bonds. The summed E-state index contributed by atoms with van der Waals surface area (Å²) >= 11 is 0. The normalized spacial score (nSPS) is 19.5. The van der Waals surface area contributed by atoms with Crippen molar-refractivity contribution < 1.29 is 13.5 Å². The molecule has 8 nitrogen and oxygen atoms in total. The molecule has 0 radical (unpaired) electrons. The van der Waals surface area contributed by atoms with Crippen molar-refractivity contribution in [2.45, 2.75) is 18.6 Å². The highest BCUT2D eigenvalue weighted by Crippen LogP contribution is 2.32. The third-order valence-electron chi connectivity index (χ3n) is 5.79. The van der Waals surface area contributed by atoms with Gasteiger partial charge in [0.2, 0.25) is 11.8 Å². The fraction of sp³-hybridized carbons (Fsp3) is 0.364. The van der Waals surface area contributed by atoms with Crippen molar-refractivity contribution in [2.75, 3.05) is 38.7 Å². The van der Waals surface area contributed by atoms with Gasteiger partial charge in [-0.05, 0) is 30.2 Å². The van der Waals surface area contributed by atoms with Crippen molar-refractivity contribution in [1.29, 1.82) is 0 Å². The van der Waals surface area contributed by atoms with Crippen LogP contribution in [0.25, 0.3) is 27.7 Å². The van der Waals surface area contributed by atoms with E-state index in [9.17, 15) is 8.78 Å². The van der Waals surface area contributed by atoms with Gasteiger partial charge in [-0.25, -0.2) is 13.3 Å². The van der Waals surface area contributed by atoms with Gasteiger partial charge in [-0.3, -0.25) is 14.9 Å². The van der Waals surface area contributed by atoms with Gasteiger partial charge in [-0.15, -0.1) is 5.10 Å². The van der Waals surface area contributed by atoms with Crippen molar-refractivity contribution in [3.05, 3.63) is 42.9 Å². The number of rotatable bonds is 6. The van der Waals surface area contributed by atoms with Gasteiger partial charge < -0.3 is 10.1 Å². The molecule has 0 bridgehead atoms. The minimum Gasteiger partial charge on any atom is -0.479 e. The molecule has 10 heteroatoms. The quantitative estimate of drug-likeness (QED) is 0.494. The minimum atomic E-state index is -1.14. The molecule has 0 unspecified atom stereocenters. The van der Waals surface area contributed by atoms with E-state index in [4.69, 9.17) is 4.74 Å². The summed E-state index contributed by atoms with van der Waals surface area (Å²) in [4.78, 5) is 15.0. The zero-order chi connectivity index (χ0) is 22.1. The topological polar surface area (TPSA) is 80.5 Å². The zero-order valence-electron chi connectivity index (χ0n) is 17.6. The number of anilines is 1. The van der Waals surface area contributed by atoms with E-state index < -0.39 is 18.9 Å². The van der Waals surface area contributed by atoms with Crippen molar-refractivity contribution in [3.8, 4) is 17.0 Å². The third kappa shape index (κ3) is 3.81. The Kier molecular flexibility index (Phi) is 5.52. The van der Waals surface area contributed by atoms with E-state index in [0.717, 1.165) is 22.2 Å². The maximum Gasteiger partial charge on any atom is 0.244 e. The van der Waals surface area contributed by atoms with Crippen molar-refractivity contribution in [3.63, 3.8) is 0 Å². The Morgan fingerprint density at radius 1 is 1.19 bits per heavy atom. The predicted octanol–water partition coefficient (Wildman–Crippen LogP) is 3.14. The summed E-state index contributed by atoms with van der Waals surface area (Å²) in [6, 6.07) is 7.34. The molecule has 166 valence electrons. The molecule has 4 aromatic rings. The van der Waals surface area contributed by atoms with Gasteiger partial charge in [0.15, 0.2) is 0 Å². The molecule has 1 saturated heterocycles. The predicted molar refractivity (Wildman–Crippen MR) is 117 cm³/mol. The molecule has 1 fully saturated rings. The number of methoxy groups -OCH3 is 1. The van der Waals surface area contributed by atoms with Crippen LogP contribution in [0.3, 0.4) is 0 Å². The number of hydrogen-bond donors (Lipinski definition) is 1. The smallest absolute Gasteiger partial charge is 0.244 e. The SMILES string of the molecule is COc1nc(N[C@@H]2CCN(CCF)C[C@@H]2F)nn2ccc(-c3ccc4nccnc4c3)c12. The standard InChI is InChI=1S/C22H23F2N7O/c1-32-21-20-15(14-2-3-18-19(12-14)26-8-7-25-18)4-10-31(20)29-22(28-21)27-17-5-9-30(11-6-23)13-16(17)24/h2-4,7-8,10,12,16-17H,5-6,9,11,13H2,1H3,(H,27,29)/t16-,17+/m0/s1. The highest BCUT2D eigenvalue weighted by Gasteiger charge is 2.30. The lowest BCUT2D eigenvalue weighted by Crippen LogP contribution is -2.48. The van der Waals surface area contributed by atoms with Crippen LogP contribution in [-0.4, -0.2) is 75.1 Å². The molecule has 0 spiro atoms. The third-order valence-corrected chi connectivity index (χ3v) is 5.79. The molecular weight excluding hydrogens is 416 g/mol. The van der Waals surface area contributed by atoms with Crippen LogP contribution in [0.4, 0.5) is 14.7 Å². The lowest BCUT2D eigenvalue weighted by atomic mass is 10.0. The fourth-order valence-electron chi connectivity index (χ4n) is 4.18. The summed E-state index contributed by atoms with van der Waals surface area (Å²) < 4.78 is 34.4. The molecule has 32 heavy (non-hydrogen) atoms. The average molecular weight is 439 g/mol. The van der Waals surface area contributed by atoms with Crippen molar-refractivity contribution in [2.24, 2.45) is 0 Å². The number of halogens is 2. The lowest BCUT2D eigenvalue weighted by Gasteiger charge is -2.34. The Hall–Kier alpha value is -3.40. The first-order valence-corrected chi connectivity index (χ1v) is 10.5. The van der Waals surface area contributed by atoms with Gasteiger partial charge in [0.1, 0.15) is 18.4 Å². The van der Waals surface area contributed by atoms with Crippen LogP contribution in [0.1, 0.15) is 6.42 Å². The molecule has 1 aliphatic rings. The van der Waals surface area contributed by atoms with E-state index in [2.05, 4.69) is 25.4 Å². The number of benzene rings is 1. The zero-order valence-corrected chi connectivity index (χ0v) is 17.6. The first-order chi connectivity index (χ1) is 15.7. The first-order valence-electron chi connectivity index (χ1n) is 10.5. The number of fused-ring (bicyclic) bond motifs is 2. The first kappa shape index (κ1) is 20.5. The van der Waals surface area contributed by atoms with Gasteiger partial charge in [0.05, 0.1) is 24.2 Å². The molecule has 1 aliphatic heterocycles. The summed E-state index contributed by atoms with van der Waals surface area (Å²) in [5.74, 6) is 0.666. The van der Waals surface area contributed by atoms with Gasteiger partial charge in [0.25, 0.3) is 0 Å². The molecule has 2 atom stereocenters. The summed E-state index contributed by atoms with van der Waals surface area (Å²) in [7, 11) is 1.54. The number of piperidine rings is 1. The van der Waals surface area contributed by atoms with E-state index >= 15 is 0 Å². The van der Waals surface area contributed by atoms with Crippen LogP contribution in [-0.2, 0) is 0 Å². The molecule has 1 N–H and O–H groups in total. The number of nitrogens with one attached hydrogen (secondary N) is 1. The molecule has 1 aromatic carbocycles. The van der Waals surface area contributed by atoms with Crippen LogP contribution in [0.2, 0.25) is 0 Å². The Balaban J connectivity index is 1.45. The Labute approximate surface area is 183 Å². The maximum atomic E-state index is 14.6. The van der Waals surface area contributed by atoms with Crippen molar-refractivity contribution >= 4 is 22.5 Å². The second-order valence-corrected chi connectivity index (χ2v) is 7.77. The molecular formula is C22H23F2N7O. The average Bonchev–Trinajstić information content (AvgIpc) is 3.24. The number of ether oxygens (including phenoxy) is 1. The molecule has 5 rings (SSSR count). The Morgan fingerprint density at radius 2 is 2.03 bits per heavy atom. The minimum absolute atomic E-state index is 0.194. The Bertz CT molecular complexity index is 1250. The van der Waals surface area contributed by atoms with Crippen LogP contribution >= 0.6 is 0 Å². The molecule has 3 aromatic heterocycles. The molecule has 4 heterocycles. The second-order valence-electron chi connectivity index (χ2n) is 7.77. The van der Waals surface area contributed by atoms with E-state index in [1.165, 1.54) is 0 Å². The summed E-state index contributed by atoms with van der Waals surface area (Å²) in [6.07, 6.45) is 4.54. The summed E-state index contributed by atoms with van der Waals surface area (Å²) in [5.41, 5.74) is 4.13. The number of alkyl halides is 2. The largest absolute Gasteiger partial charge is 0.479 e. The monoisotopic (exact) mass is 439 g/mol. The summed E-state index contributed by atoms with van der Waals surface area (Å²) in [6.45, 7) is 0.608. The van der Waals surface area contributed by atoms with E-state index in [1.807, 2.05) is 30.5 Å². The van der Waals surface area contributed by atoms with Gasteiger partial charge in [0, 0.05) is 43.8 Å². The summed E-state index contributed by atoms with van der Waals surface area (Å²) in [5, 5.41) is 7.62. The lowest BCUT2D eigenvalue weighted by molar-refractivity contribution is 0.120.